The van der Waals surface area contributed by atoms with E-state index in [1.54, 1.807) is 7.05 Å². The van der Waals surface area contributed by atoms with Crippen molar-refractivity contribution in [3.05, 3.63) is 22.4 Å². The number of hydrogen-bond acceptors (Lipinski definition) is 4. The molecule has 3 unspecified atom stereocenters. The minimum absolute atomic E-state index is 0.378. The second-order valence-electron chi connectivity index (χ2n) is 4.53. The molecule has 2 aliphatic rings. The zero-order valence-electron chi connectivity index (χ0n) is 10.0. The van der Waals surface area contributed by atoms with Crippen LogP contribution in [0.15, 0.2) is 16.8 Å². The summed E-state index contributed by atoms with van der Waals surface area (Å²) >= 11 is 1.49. The number of urea groups is 2. The number of imide groups is 1. The molecule has 0 bridgehead atoms. The van der Waals surface area contributed by atoms with Crippen LogP contribution in [0.25, 0.3) is 0 Å². The van der Waals surface area contributed by atoms with Crippen molar-refractivity contribution in [2.24, 2.45) is 5.92 Å². The van der Waals surface area contributed by atoms with E-state index >= 15 is 0 Å². The fourth-order valence-corrected chi connectivity index (χ4v) is 3.15. The number of rotatable bonds is 1. The Bertz CT molecular complexity index is 544. The van der Waals surface area contributed by atoms with Crippen LogP contribution in [-0.2, 0) is 4.79 Å². The van der Waals surface area contributed by atoms with E-state index in [1.165, 1.54) is 16.2 Å². The highest BCUT2D eigenvalue weighted by Crippen LogP contribution is 2.32. The van der Waals surface area contributed by atoms with Crippen LogP contribution < -0.4 is 16.0 Å². The second-order valence-corrected chi connectivity index (χ2v) is 5.31. The third kappa shape index (κ3) is 1.84. The summed E-state index contributed by atoms with van der Waals surface area (Å²) in [7, 11) is 1.55. The molecule has 3 rings (SSSR count). The summed E-state index contributed by atoms with van der Waals surface area (Å²) in [4.78, 5) is 36.7. The van der Waals surface area contributed by atoms with E-state index in [9.17, 15) is 14.4 Å². The number of amides is 5. The molecule has 3 N–H and O–H groups in total. The Morgan fingerprint density at radius 1 is 1.26 bits per heavy atom. The van der Waals surface area contributed by atoms with E-state index < -0.39 is 24.2 Å². The van der Waals surface area contributed by atoms with Crippen LogP contribution in [0.2, 0.25) is 0 Å². The Hall–Kier alpha value is -2.09. The van der Waals surface area contributed by atoms with Crippen LogP contribution in [0.3, 0.4) is 0 Å². The fraction of sp³-hybridized carbons (Fsp3) is 0.364. The summed E-state index contributed by atoms with van der Waals surface area (Å²) in [5.41, 5.74) is 0.868. The van der Waals surface area contributed by atoms with Crippen LogP contribution in [0.4, 0.5) is 9.59 Å². The molecular weight excluding hydrogens is 268 g/mol. The standard InChI is InChI=1S/C11H12N4O3S/c1-15-8-6(9(16)14-11(15)18)7(12-10(17)13-8)5-2-3-19-4-5/h2-4,6-8H,1H3,(H2,12,13,17)(H,14,16,18). The number of carbonyl (C=O) groups excluding carboxylic acids is 3. The van der Waals surface area contributed by atoms with Gasteiger partial charge in [-0.05, 0) is 22.4 Å². The lowest BCUT2D eigenvalue weighted by atomic mass is 9.87. The molecule has 19 heavy (non-hydrogen) atoms. The number of nitrogens with zero attached hydrogens (tertiary/aromatic N) is 1. The van der Waals surface area contributed by atoms with E-state index in [1.807, 2.05) is 16.8 Å². The number of fused-ring (bicyclic) bond motifs is 1. The molecule has 5 amide bonds. The summed E-state index contributed by atoms with van der Waals surface area (Å²) in [5.74, 6) is -0.924. The number of nitrogens with one attached hydrogen (secondary N) is 3. The fourth-order valence-electron chi connectivity index (χ4n) is 2.46. The van der Waals surface area contributed by atoms with E-state index in [2.05, 4.69) is 16.0 Å². The quantitative estimate of drug-likeness (QED) is 0.687. The summed E-state index contributed by atoms with van der Waals surface area (Å²) < 4.78 is 0. The summed E-state index contributed by atoms with van der Waals surface area (Å²) in [6.07, 6.45) is -0.625. The monoisotopic (exact) mass is 280 g/mol. The van der Waals surface area contributed by atoms with Crippen molar-refractivity contribution in [1.82, 2.24) is 20.9 Å². The predicted octanol–water partition coefficient (Wildman–Crippen LogP) is 0.226. The molecule has 0 aliphatic carbocycles. The highest BCUT2D eigenvalue weighted by molar-refractivity contribution is 7.08. The second kappa shape index (κ2) is 4.23. The molecule has 2 saturated heterocycles. The summed E-state index contributed by atoms with van der Waals surface area (Å²) in [5, 5.41) is 11.4. The highest BCUT2D eigenvalue weighted by atomic mass is 32.1. The minimum atomic E-state index is -0.625. The molecule has 100 valence electrons. The van der Waals surface area contributed by atoms with Gasteiger partial charge >= 0.3 is 12.1 Å². The zero-order valence-corrected chi connectivity index (χ0v) is 10.9. The van der Waals surface area contributed by atoms with Crippen molar-refractivity contribution in [2.75, 3.05) is 7.05 Å². The summed E-state index contributed by atoms with van der Waals surface area (Å²) in [6, 6.07) is 0.548. The van der Waals surface area contributed by atoms with Crippen molar-refractivity contribution in [2.45, 2.75) is 12.2 Å². The predicted molar refractivity (Wildman–Crippen MR) is 67.3 cm³/mol. The van der Waals surface area contributed by atoms with Crippen LogP contribution in [-0.4, -0.2) is 36.1 Å². The normalized spacial score (nSPS) is 30.3. The largest absolute Gasteiger partial charge is 0.330 e. The Morgan fingerprint density at radius 2 is 2.05 bits per heavy atom. The first-order valence-corrected chi connectivity index (χ1v) is 6.69. The summed E-state index contributed by atoms with van der Waals surface area (Å²) in [6.45, 7) is 0. The van der Waals surface area contributed by atoms with Crippen molar-refractivity contribution in [1.29, 1.82) is 0 Å². The van der Waals surface area contributed by atoms with Gasteiger partial charge < -0.3 is 15.5 Å². The molecule has 7 nitrogen and oxygen atoms in total. The minimum Gasteiger partial charge on any atom is -0.330 e. The van der Waals surface area contributed by atoms with Gasteiger partial charge in [-0.15, -0.1) is 0 Å². The van der Waals surface area contributed by atoms with Crippen molar-refractivity contribution in [3.8, 4) is 0 Å². The molecule has 0 spiro atoms. The molecule has 0 radical (unpaired) electrons. The Kier molecular flexibility index (Phi) is 2.67. The van der Waals surface area contributed by atoms with E-state index in [0.717, 1.165) is 5.56 Å². The first kappa shape index (κ1) is 12.0. The maximum Gasteiger partial charge on any atom is 0.325 e. The lowest BCUT2D eigenvalue weighted by Crippen LogP contribution is -2.71. The van der Waals surface area contributed by atoms with Gasteiger partial charge in [0, 0.05) is 7.05 Å². The molecule has 0 saturated carbocycles. The van der Waals surface area contributed by atoms with Gasteiger partial charge in [-0.3, -0.25) is 10.1 Å². The van der Waals surface area contributed by atoms with Gasteiger partial charge in [0.1, 0.15) is 12.1 Å². The van der Waals surface area contributed by atoms with Gasteiger partial charge in [-0.25, -0.2) is 9.59 Å². The smallest absolute Gasteiger partial charge is 0.325 e. The van der Waals surface area contributed by atoms with Crippen molar-refractivity contribution >= 4 is 29.3 Å². The van der Waals surface area contributed by atoms with Gasteiger partial charge in [0.2, 0.25) is 5.91 Å². The molecule has 3 heterocycles. The number of thiophene rings is 1. The Balaban J connectivity index is 1.99. The Labute approximate surface area is 113 Å². The number of hydrogen-bond donors (Lipinski definition) is 3. The lowest BCUT2D eigenvalue weighted by Gasteiger charge is -2.44. The van der Waals surface area contributed by atoms with Crippen LogP contribution in [0, 0.1) is 5.92 Å². The van der Waals surface area contributed by atoms with Crippen molar-refractivity contribution in [3.63, 3.8) is 0 Å². The van der Waals surface area contributed by atoms with Gasteiger partial charge in [-0.1, -0.05) is 0 Å². The molecule has 2 fully saturated rings. The third-order valence-corrected chi connectivity index (χ3v) is 4.14. The molecule has 8 heteroatoms. The van der Waals surface area contributed by atoms with Gasteiger partial charge in [0.05, 0.1) is 6.04 Å². The zero-order chi connectivity index (χ0) is 13.6. The van der Waals surface area contributed by atoms with Crippen LogP contribution >= 0.6 is 11.3 Å². The van der Waals surface area contributed by atoms with Crippen molar-refractivity contribution < 1.29 is 14.4 Å². The van der Waals surface area contributed by atoms with Gasteiger partial charge in [-0.2, -0.15) is 11.3 Å². The molecule has 3 atom stereocenters. The third-order valence-electron chi connectivity index (χ3n) is 3.44. The first-order valence-electron chi connectivity index (χ1n) is 5.74. The lowest BCUT2D eigenvalue weighted by molar-refractivity contribution is -0.130. The maximum absolute atomic E-state index is 12.1. The highest BCUT2D eigenvalue weighted by Gasteiger charge is 2.48. The van der Waals surface area contributed by atoms with Crippen LogP contribution in [0.5, 0.6) is 0 Å². The first-order chi connectivity index (χ1) is 9.08. The molecule has 0 aromatic carbocycles. The topological polar surface area (TPSA) is 90.5 Å². The van der Waals surface area contributed by atoms with Crippen LogP contribution in [0.1, 0.15) is 11.6 Å². The molecular formula is C11H12N4O3S. The SMILES string of the molecule is CN1C(=O)NC(=O)C2C(c3ccsc3)NC(=O)NC21. The van der Waals surface area contributed by atoms with E-state index in [-0.39, 0.29) is 11.9 Å². The number of carbonyl (C=O) groups is 3. The molecule has 2 aliphatic heterocycles. The maximum atomic E-state index is 12.1. The molecule has 1 aromatic rings. The van der Waals surface area contributed by atoms with E-state index in [4.69, 9.17) is 0 Å². The molecule has 1 aromatic heterocycles. The average molecular weight is 280 g/mol. The average Bonchev–Trinajstić information content (AvgIpc) is 2.88. The van der Waals surface area contributed by atoms with Gasteiger partial charge in [0.25, 0.3) is 0 Å². The Morgan fingerprint density at radius 3 is 2.74 bits per heavy atom. The van der Waals surface area contributed by atoms with Gasteiger partial charge in [0.15, 0.2) is 0 Å². The van der Waals surface area contributed by atoms with E-state index in [0.29, 0.717) is 0 Å².